The van der Waals surface area contributed by atoms with Gasteiger partial charge in [-0.2, -0.15) is 0 Å². The van der Waals surface area contributed by atoms with Gasteiger partial charge in [-0.05, 0) is 53.9 Å². The van der Waals surface area contributed by atoms with Crippen molar-refractivity contribution in [2.45, 2.75) is 44.9 Å². The Morgan fingerprint density at radius 2 is 1.70 bits per heavy atom. The van der Waals surface area contributed by atoms with Gasteiger partial charge in [0.05, 0.1) is 6.61 Å². The Morgan fingerprint density at radius 3 is 2.37 bits per heavy atom. The zero-order valence-electron chi connectivity index (χ0n) is 16.6. The first-order chi connectivity index (χ1) is 13.2. The average Bonchev–Trinajstić information content (AvgIpc) is 2.70. The van der Waals surface area contributed by atoms with Crippen molar-refractivity contribution in [1.29, 1.82) is 0 Å². The Kier molecular flexibility index (Phi) is 7.31. The SMILES string of the molecule is COCCOc1cc(CCO)ccc1-c1ccc(C2CCC(C)CC2)cc1. The molecule has 0 saturated heterocycles. The summed E-state index contributed by atoms with van der Waals surface area (Å²) in [7, 11) is 1.68. The fourth-order valence-corrected chi connectivity index (χ4v) is 3.97. The van der Waals surface area contributed by atoms with E-state index in [-0.39, 0.29) is 6.61 Å². The van der Waals surface area contributed by atoms with E-state index < -0.39 is 0 Å². The lowest BCUT2D eigenvalue weighted by atomic mass is 9.79. The third-order valence-electron chi connectivity index (χ3n) is 5.70. The summed E-state index contributed by atoms with van der Waals surface area (Å²) in [5, 5.41) is 9.22. The molecule has 2 aromatic carbocycles. The van der Waals surface area contributed by atoms with Crippen molar-refractivity contribution in [2.75, 3.05) is 26.9 Å². The first-order valence-corrected chi connectivity index (χ1v) is 10.2. The van der Waals surface area contributed by atoms with Crippen LogP contribution in [0, 0.1) is 5.92 Å². The van der Waals surface area contributed by atoms with Crippen molar-refractivity contribution >= 4 is 0 Å². The Morgan fingerprint density at radius 1 is 0.963 bits per heavy atom. The quantitative estimate of drug-likeness (QED) is 0.650. The van der Waals surface area contributed by atoms with Crippen LogP contribution in [0.15, 0.2) is 42.5 Å². The second-order valence-electron chi connectivity index (χ2n) is 7.72. The van der Waals surface area contributed by atoms with Gasteiger partial charge in [-0.3, -0.25) is 0 Å². The summed E-state index contributed by atoms with van der Waals surface area (Å²) in [5.41, 5.74) is 4.81. The van der Waals surface area contributed by atoms with Crippen LogP contribution in [0.1, 0.15) is 49.7 Å². The highest BCUT2D eigenvalue weighted by Crippen LogP contribution is 2.37. The summed E-state index contributed by atoms with van der Waals surface area (Å²) in [4.78, 5) is 0. The highest BCUT2D eigenvalue weighted by molar-refractivity contribution is 5.71. The third kappa shape index (κ3) is 5.33. The van der Waals surface area contributed by atoms with Crippen LogP contribution < -0.4 is 4.74 Å². The first-order valence-electron chi connectivity index (χ1n) is 10.2. The van der Waals surface area contributed by atoms with Crippen LogP contribution in [-0.4, -0.2) is 32.0 Å². The summed E-state index contributed by atoms with van der Waals surface area (Å²) < 4.78 is 11.1. The normalized spacial score (nSPS) is 19.8. The summed E-state index contributed by atoms with van der Waals surface area (Å²) >= 11 is 0. The second kappa shape index (κ2) is 9.91. The van der Waals surface area contributed by atoms with Gasteiger partial charge in [-0.15, -0.1) is 0 Å². The predicted octanol–water partition coefficient (Wildman–Crippen LogP) is 5.21. The second-order valence-corrected chi connectivity index (χ2v) is 7.72. The molecule has 0 atom stereocenters. The zero-order valence-corrected chi connectivity index (χ0v) is 16.6. The van der Waals surface area contributed by atoms with Gasteiger partial charge >= 0.3 is 0 Å². The van der Waals surface area contributed by atoms with Gasteiger partial charge in [0.1, 0.15) is 12.4 Å². The smallest absolute Gasteiger partial charge is 0.127 e. The Bertz CT molecular complexity index is 700. The molecule has 3 rings (SSSR count). The van der Waals surface area contributed by atoms with E-state index in [4.69, 9.17) is 9.47 Å². The molecule has 1 N–H and O–H groups in total. The molecule has 0 heterocycles. The minimum absolute atomic E-state index is 0.144. The highest BCUT2D eigenvalue weighted by atomic mass is 16.5. The van der Waals surface area contributed by atoms with Crippen molar-refractivity contribution < 1.29 is 14.6 Å². The van der Waals surface area contributed by atoms with Crippen molar-refractivity contribution in [2.24, 2.45) is 5.92 Å². The molecule has 0 bridgehead atoms. The Balaban J connectivity index is 1.79. The van der Waals surface area contributed by atoms with Crippen LogP contribution in [0.5, 0.6) is 5.75 Å². The van der Waals surface area contributed by atoms with Crippen LogP contribution >= 0.6 is 0 Å². The van der Waals surface area contributed by atoms with Gasteiger partial charge < -0.3 is 14.6 Å². The average molecular weight is 369 g/mol. The molecule has 0 unspecified atom stereocenters. The molecule has 2 aromatic rings. The van der Waals surface area contributed by atoms with Crippen LogP contribution in [0.2, 0.25) is 0 Å². The number of hydrogen-bond acceptors (Lipinski definition) is 3. The largest absolute Gasteiger partial charge is 0.491 e. The van der Waals surface area contributed by atoms with Gasteiger partial charge in [0.15, 0.2) is 0 Å². The lowest BCUT2D eigenvalue weighted by Crippen LogP contribution is -2.10. The fraction of sp³-hybridized carbons (Fsp3) is 0.500. The maximum Gasteiger partial charge on any atom is 0.127 e. The van der Waals surface area contributed by atoms with Crippen LogP contribution in [0.4, 0.5) is 0 Å². The Labute approximate surface area is 163 Å². The van der Waals surface area contributed by atoms with E-state index in [0.717, 1.165) is 22.8 Å². The third-order valence-corrected chi connectivity index (χ3v) is 5.70. The van der Waals surface area contributed by atoms with Gasteiger partial charge in [0.2, 0.25) is 0 Å². The van der Waals surface area contributed by atoms with Gasteiger partial charge in [-0.25, -0.2) is 0 Å². The van der Waals surface area contributed by atoms with E-state index in [2.05, 4.69) is 43.3 Å². The number of aliphatic hydroxyl groups excluding tert-OH is 1. The highest BCUT2D eigenvalue weighted by Gasteiger charge is 2.19. The van der Waals surface area contributed by atoms with E-state index in [1.165, 1.54) is 36.8 Å². The summed E-state index contributed by atoms with van der Waals surface area (Å²) in [6.07, 6.45) is 5.94. The molecule has 3 heteroatoms. The van der Waals surface area contributed by atoms with Gasteiger partial charge in [0.25, 0.3) is 0 Å². The zero-order chi connectivity index (χ0) is 19.1. The minimum atomic E-state index is 0.144. The molecule has 27 heavy (non-hydrogen) atoms. The van der Waals surface area contributed by atoms with E-state index in [9.17, 15) is 5.11 Å². The number of rotatable bonds is 8. The number of hydrogen-bond donors (Lipinski definition) is 1. The van der Waals surface area contributed by atoms with Crippen molar-refractivity contribution in [1.82, 2.24) is 0 Å². The van der Waals surface area contributed by atoms with Crippen molar-refractivity contribution in [3.8, 4) is 16.9 Å². The minimum Gasteiger partial charge on any atom is -0.491 e. The molecule has 1 saturated carbocycles. The molecule has 3 nitrogen and oxygen atoms in total. The maximum absolute atomic E-state index is 9.22. The van der Waals surface area contributed by atoms with Crippen LogP contribution in [-0.2, 0) is 11.2 Å². The maximum atomic E-state index is 9.22. The molecule has 0 radical (unpaired) electrons. The summed E-state index contributed by atoms with van der Waals surface area (Å²) in [6, 6.07) is 15.2. The monoisotopic (exact) mass is 368 g/mol. The predicted molar refractivity (Wildman–Crippen MR) is 110 cm³/mol. The first kappa shape index (κ1) is 19.9. The van der Waals surface area contributed by atoms with Crippen LogP contribution in [0.25, 0.3) is 11.1 Å². The molecule has 1 aliphatic rings. The molecular weight excluding hydrogens is 336 g/mol. The standard InChI is InChI=1S/C24H32O3/c1-18-3-6-20(7-4-18)21-8-10-22(11-9-21)23-12-5-19(13-14-25)17-24(23)27-16-15-26-2/h5,8-12,17-18,20,25H,3-4,6-7,13-16H2,1-2H3. The molecule has 1 aliphatic carbocycles. The molecule has 0 aliphatic heterocycles. The molecule has 1 fully saturated rings. The lowest BCUT2D eigenvalue weighted by Gasteiger charge is -2.26. The molecule has 0 aromatic heterocycles. The Hall–Kier alpha value is -1.84. The van der Waals surface area contributed by atoms with E-state index >= 15 is 0 Å². The lowest BCUT2D eigenvalue weighted by molar-refractivity contribution is 0.146. The van der Waals surface area contributed by atoms with Crippen molar-refractivity contribution in [3.05, 3.63) is 53.6 Å². The number of aliphatic hydroxyl groups is 1. The van der Waals surface area contributed by atoms with E-state index in [1.807, 2.05) is 6.07 Å². The molecular formula is C24H32O3. The number of methoxy groups -OCH3 is 1. The summed E-state index contributed by atoms with van der Waals surface area (Å²) in [5.74, 6) is 2.45. The van der Waals surface area contributed by atoms with Crippen LogP contribution in [0.3, 0.4) is 0 Å². The molecule has 0 spiro atoms. The van der Waals surface area contributed by atoms with Gasteiger partial charge in [-0.1, -0.05) is 56.2 Å². The van der Waals surface area contributed by atoms with E-state index in [0.29, 0.717) is 25.6 Å². The summed E-state index contributed by atoms with van der Waals surface area (Å²) in [6.45, 7) is 3.59. The topological polar surface area (TPSA) is 38.7 Å². The molecule has 0 amide bonds. The number of ether oxygens (including phenoxy) is 2. The fourth-order valence-electron chi connectivity index (χ4n) is 3.97. The van der Waals surface area contributed by atoms with E-state index in [1.54, 1.807) is 7.11 Å². The van der Waals surface area contributed by atoms with Gasteiger partial charge in [0, 0.05) is 19.3 Å². The number of benzene rings is 2. The molecule has 146 valence electrons. The van der Waals surface area contributed by atoms with Crippen molar-refractivity contribution in [3.63, 3.8) is 0 Å².